The van der Waals surface area contributed by atoms with Gasteiger partial charge in [0.25, 0.3) is 0 Å². The van der Waals surface area contributed by atoms with Crippen molar-refractivity contribution in [2.45, 2.75) is 5.75 Å². The van der Waals surface area contributed by atoms with Gasteiger partial charge in [0.15, 0.2) is 0 Å². The van der Waals surface area contributed by atoms with E-state index in [1.54, 1.807) is 4.90 Å². The zero-order chi connectivity index (χ0) is 16.2. The van der Waals surface area contributed by atoms with E-state index in [2.05, 4.69) is 5.32 Å². The Morgan fingerprint density at radius 1 is 1.26 bits per heavy atom. The van der Waals surface area contributed by atoms with Gasteiger partial charge in [-0.15, -0.1) is 12.4 Å². The highest BCUT2D eigenvalue weighted by Gasteiger charge is 2.24. The Kier molecular flexibility index (Phi) is 7.40. The van der Waals surface area contributed by atoms with E-state index in [-0.39, 0.29) is 30.6 Å². The Morgan fingerprint density at radius 2 is 1.83 bits per heavy atom. The lowest BCUT2D eigenvalue weighted by molar-refractivity contribution is -0.131. The summed E-state index contributed by atoms with van der Waals surface area (Å²) in [5.74, 6) is -0.867. The molecule has 0 aliphatic carbocycles. The van der Waals surface area contributed by atoms with Gasteiger partial charge in [0, 0.05) is 33.2 Å². The Labute approximate surface area is 142 Å². The lowest BCUT2D eigenvalue weighted by Gasteiger charge is -2.29. The summed E-state index contributed by atoms with van der Waals surface area (Å²) < 4.78 is 38.4. The zero-order valence-electron chi connectivity index (χ0n) is 12.9. The van der Waals surface area contributed by atoms with Crippen molar-refractivity contribution in [3.05, 3.63) is 35.6 Å². The molecule has 0 atom stereocenters. The second-order valence-corrected chi connectivity index (χ2v) is 7.35. The largest absolute Gasteiger partial charge is 0.339 e. The number of halogens is 2. The topological polar surface area (TPSA) is 69.7 Å². The molecule has 1 saturated heterocycles. The fourth-order valence-electron chi connectivity index (χ4n) is 2.20. The van der Waals surface area contributed by atoms with Crippen LogP contribution in [-0.2, 0) is 20.6 Å². The first-order valence-electron chi connectivity index (χ1n) is 7.05. The van der Waals surface area contributed by atoms with Crippen LogP contribution in [0, 0.1) is 5.82 Å². The van der Waals surface area contributed by atoms with Gasteiger partial charge in [-0.1, -0.05) is 12.1 Å². The molecule has 9 heteroatoms. The van der Waals surface area contributed by atoms with Crippen molar-refractivity contribution in [3.63, 3.8) is 0 Å². The average Bonchev–Trinajstić information content (AvgIpc) is 2.50. The van der Waals surface area contributed by atoms with Gasteiger partial charge in [-0.3, -0.25) is 4.79 Å². The molecule has 0 saturated carbocycles. The quantitative estimate of drug-likeness (QED) is 0.822. The number of benzene rings is 1. The summed E-state index contributed by atoms with van der Waals surface area (Å²) >= 11 is 0. The number of amides is 1. The van der Waals surface area contributed by atoms with Gasteiger partial charge in [0.1, 0.15) is 5.82 Å². The Balaban J connectivity index is 0.00000264. The maximum Gasteiger partial charge on any atom is 0.237 e. The van der Waals surface area contributed by atoms with Crippen molar-refractivity contribution in [2.75, 3.05) is 39.8 Å². The molecule has 1 N–H and O–H groups in total. The van der Waals surface area contributed by atoms with Crippen molar-refractivity contribution in [2.24, 2.45) is 0 Å². The Bertz CT molecular complexity index is 619. The van der Waals surface area contributed by atoms with Gasteiger partial charge >= 0.3 is 0 Å². The molecule has 0 spiro atoms. The summed E-state index contributed by atoms with van der Waals surface area (Å²) in [5, 5.41) is 3.13. The van der Waals surface area contributed by atoms with Gasteiger partial charge in [0.05, 0.1) is 12.3 Å². The van der Waals surface area contributed by atoms with E-state index in [4.69, 9.17) is 0 Å². The highest BCUT2D eigenvalue weighted by molar-refractivity contribution is 7.88. The number of rotatable bonds is 5. The highest BCUT2D eigenvalue weighted by atomic mass is 35.5. The molecule has 1 aliphatic heterocycles. The van der Waals surface area contributed by atoms with Crippen LogP contribution >= 0.6 is 12.4 Å². The molecule has 23 heavy (non-hydrogen) atoms. The maximum absolute atomic E-state index is 12.8. The van der Waals surface area contributed by atoms with Gasteiger partial charge in [0.2, 0.25) is 15.9 Å². The van der Waals surface area contributed by atoms with Gasteiger partial charge in [-0.05, 0) is 17.7 Å². The van der Waals surface area contributed by atoms with Gasteiger partial charge < -0.3 is 10.2 Å². The number of sulfonamides is 1. The molecule has 1 fully saturated rings. The van der Waals surface area contributed by atoms with Crippen LogP contribution in [0.3, 0.4) is 0 Å². The summed E-state index contributed by atoms with van der Waals surface area (Å²) in [6, 6.07) is 5.30. The molecule has 1 aromatic carbocycles. The van der Waals surface area contributed by atoms with Gasteiger partial charge in [-0.25, -0.2) is 12.8 Å². The SMILES string of the molecule is CN(CC(=O)N1CCNCC1)S(=O)(=O)Cc1ccc(F)cc1.Cl. The number of carbonyl (C=O) groups excluding carboxylic acids is 1. The Hall–Kier alpha value is -1.22. The van der Waals surface area contributed by atoms with E-state index in [1.165, 1.54) is 31.3 Å². The molecule has 1 aromatic rings. The molecule has 2 rings (SSSR count). The summed E-state index contributed by atoms with van der Waals surface area (Å²) in [7, 11) is -2.22. The molecule has 0 unspecified atom stereocenters. The van der Waals surface area contributed by atoms with Crippen molar-refractivity contribution in [3.8, 4) is 0 Å². The lowest BCUT2D eigenvalue weighted by Crippen LogP contribution is -2.49. The monoisotopic (exact) mass is 365 g/mol. The molecule has 1 heterocycles. The number of nitrogens with one attached hydrogen (secondary N) is 1. The molecule has 0 aromatic heterocycles. The molecular weight excluding hydrogens is 345 g/mol. The van der Waals surface area contributed by atoms with Gasteiger partial charge in [-0.2, -0.15) is 4.31 Å². The number of carbonyl (C=O) groups is 1. The molecule has 6 nitrogen and oxygen atoms in total. The third kappa shape index (κ3) is 5.72. The van der Waals surface area contributed by atoms with Crippen molar-refractivity contribution in [1.82, 2.24) is 14.5 Å². The lowest BCUT2D eigenvalue weighted by atomic mass is 10.2. The maximum atomic E-state index is 12.8. The van der Waals surface area contributed by atoms with Crippen LogP contribution in [0.2, 0.25) is 0 Å². The van der Waals surface area contributed by atoms with Crippen molar-refractivity contribution >= 4 is 28.3 Å². The molecule has 0 bridgehead atoms. The normalized spacial score (nSPS) is 15.3. The van der Waals surface area contributed by atoms with Crippen LogP contribution in [0.5, 0.6) is 0 Å². The smallest absolute Gasteiger partial charge is 0.237 e. The van der Waals surface area contributed by atoms with E-state index in [1.807, 2.05) is 0 Å². The summed E-state index contributed by atoms with van der Waals surface area (Å²) in [6.45, 7) is 2.44. The van der Waals surface area contributed by atoms with Crippen molar-refractivity contribution < 1.29 is 17.6 Å². The third-order valence-corrected chi connectivity index (χ3v) is 5.34. The predicted molar refractivity (Wildman–Crippen MR) is 88.4 cm³/mol. The molecule has 0 radical (unpaired) electrons. The standard InChI is InChI=1S/C14H20FN3O3S.ClH/c1-17(10-14(19)18-8-6-16-7-9-18)22(20,21)11-12-2-4-13(15)5-3-12;/h2-5,16H,6-11H2,1H3;1H. The minimum Gasteiger partial charge on any atom is -0.339 e. The molecule has 1 aliphatic rings. The first kappa shape index (κ1) is 19.8. The number of hydrogen-bond donors (Lipinski definition) is 1. The van der Waals surface area contributed by atoms with Crippen LogP contribution in [-0.4, -0.2) is 63.3 Å². The number of piperazine rings is 1. The number of hydrogen-bond acceptors (Lipinski definition) is 4. The van der Waals surface area contributed by atoms with E-state index < -0.39 is 15.8 Å². The zero-order valence-corrected chi connectivity index (χ0v) is 14.5. The first-order chi connectivity index (χ1) is 10.4. The second kappa shape index (κ2) is 8.58. The van der Waals surface area contributed by atoms with E-state index in [9.17, 15) is 17.6 Å². The van der Waals surface area contributed by atoms with Crippen LogP contribution in [0.25, 0.3) is 0 Å². The first-order valence-corrected chi connectivity index (χ1v) is 8.66. The number of likely N-dealkylation sites (N-methyl/N-ethyl adjacent to an activating group) is 1. The van der Waals surface area contributed by atoms with E-state index >= 15 is 0 Å². The fourth-order valence-corrected chi connectivity index (χ4v) is 3.35. The minimum atomic E-state index is -3.61. The summed E-state index contributed by atoms with van der Waals surface area (Å²) in [5.41, 5.74) is 0.489. The fraction of sp³-hybridized carbons (Fsp3) is 0.500. The van der Waals surface area contributed by atoms with E-state index in [0.29, 0.717) is 18.7 Å². The van der Waals surface area contributed by atoms with Crippen molar-refractivity contribution in [1.29, 1.82) is 0 Å². The minimum absolute atomic E-state index is 0. The molecule has 130 valence electrons. The van der Waals surface area contributed by atoms with Crippen LogP contribution in [0.4, 0.5) is 4.39 Å². The second-order valence-electron chi connectivity index (χ2n) is 5.27. The molecule has 1 amide bonds. The average molecular weight is 366 g/mol. The van der Waals surface area contributed by atoms with Crippen LogP contribution in [0.15, 0.2) is 24.3 Å². The predicted octanol–water partition coefficient (Wildman–Crippen LogP) is 0.441. The molecular formula is C14H21ClFN3O3S. The summed E-state index contributed by atoms with van der Waals surface area (Å²) in [4.78, 5) is 13.7. The van der Waals surface area contributed by atoms with Crippen LogP contribution < -0.4 is 5.32 Å². The van der Waals surface area contributed by atoms with Crippen LogP contribution in [0.1, 0.15) is 5.56 Å². The third-order valence-electron chi connectivity index (χ3n) is 3.56. The number of nitrogens with zero attached hydrogens (tertiary/aromatic N) is 2. The highest BCUT2D eigenvalue weighted by Crippen LogP contribution is 2.11. The summed E-state index contributed by atoms with van der Waals surface area (Å²) in [6.07, 6.45) is 0. The van der Waals surface area contributed by atoms with E-state index in [0.717, 1.165) is 17.4 Å². The Morgan fingerprint density at radius 3 is 2.39 bits per heavy atom.